The Morgan fingerprint density at radius 2 is 2.00 bits per heavy atom. The van der Waals surface area contributed by atoms with Gasteiger partial charge in [0.05, 0.1) is 34.5 Å². The van der Waals surface area contributed by atoms with Gasteiger partial charge >= 0.3 is 0 Å². The molecule has 0 saturated carbocycles. The third-order valence-corrected chi connectivity index (χ3v) is 4.99. The van der Waals surface area contributed by atoms with Crippen LogP contribution < -0.4 is 14.8 Å². The van der Waals surface area contributed by atoms with Gasteiger partial charge in [-0.15, -0.1) is 0 Å². The summed E-state index contributed by atoms with van der Waals surface area (Å²) in [6, 6.07) is 9.37. The number of thiazole rings is 1. The summed E-state index contributed by atoms with van der Waals surface area (Å²) >= 11 is 4.83. The van der Waals surface area contributed by atoms with Crippen molar-refractivity contribution in [3.63, 3.8) is 0 Å². The normalized spacial score (nSPS) is 10.7. The van der Waals surface area contributed by atoms with E-state index < -0.39 is 0 Å². The number of halogens is 1. The maximum absolute atomic E-state index is 12.7. The highest BCUT2D eigenvalue weighted by Crippen LogP contribution is 2.34. The van der Waals surface area contributed by atoms with Crippen molar-refractivity contribution < 1.29 is 14.3 Å². The second-order valence-corrected chi connectivity index (χ2v) is 7.02. The van der Waals surface area contributed by atoms with E-state index in [0.717, 1.165) is 15.8 Å². The molecule has 0 aliphatic carbocycles. The molecule has 1 N–H and O–H groups in total. The maximum Gasteiger partial charge on any atom is 0.261 e. The second kappa shape index (κ2) is 6.78. The fraction of sp³-hybridized carbons (Fsp3) is 0.176. The van der Waals surface area contributed by atoms with Crippen molar-refractivity contribution in [2.24, 2.45) is 0 Å². The van der Waals surface area contributed by atoms with Crippen molar-refractivity contribution in [3.05, 3.63) is 45.9 Å². The van der Waals surface area contributed by atoms with Crippen LogP contribution in [0.15, 0.2) is 34.8 Å². The zero-order valence-electron chi connectivity index (χ0n) is 13.3. The van der Waals surface area contributed by atoms with Crippen LogP contribution >= 0.6 is 27.3 Å². The number of carbonyl (C=O) groups is 1. The molecule has 3 aromatic rings. The van der Waals surface area contributed by atoms with E-state index in [2.05, 4.69) is 26.2 Å². The molecular formula is C17H15BrN2O3S. The minimum atomic E-state index is -0.303. The van der Waals surface area contributed by atoms with E-state index in [9.17, 15) is 4.79 Å². The molecule has 0 atom stereocenters. The maximum atomic E-state index is 12.7. The number of aryl methyl sites for hydroxylation is 1. The van der Waals surface area contributed by atoms with Crippen LogP contribution in [-0.2, 0) is 0 Å². The van der Waals surface area contributed by atoms with E-state index in [0.29, 0.717) is 26.7 Å². The summed E-state index contributed by atoms with van der Waals surface area (Å²) in [4.78, 5) is 17.1. The number of hydrogen-bond donors (Lipinski definition) is 1. The van der Waals surface area contributed by atoms with Crippen molar-refractivity contribution in [2.75, 3.05) is 19.5 Å². The van der Waals surface area contributed by atoms with Crippen LogP contribution in [-0.4, -0.2) is 25.1 Å². The summed E-state index contributed by atoms with van der Waals surface area (Å²) in [5.41, 5.74) is 2.39. The summed E-state index contributed by atoms with van der Waals surface area (Å²) in [7, 11) is 3.07. The predicted molar refractivity (Wildman–Crippen MR) is 99.6 cm³/mol. The third kappa shape index (κ3) is 3.22. The highest BCUT2D eigenvalue weighted by atomic mass is 79.9. The SMILES string of the molecule is COc1cc(Br)c(OC)c(C(=O)Nc2nc3ccc(C)cc3s2)c1. The molecule has 0 saturated heterocycles. The van der Waals surface area contributed by atoms with Crippen LogP contribution in [0.25, 0.3) is 10.2 Å². The Labute approximate surface area is 151 Å². The van der Waals surface area contributed by atoms with Gasteiger partial charge in [0.25, 0.3) is 5.91 Å². The van der Waals surface area contributed by atoms with E-state index in [1.165, 1.54) is 18.4 Å². The number of anilines is 1. The van der Waals surface area contributed by atoms with Crippen molar-refractivity contribution in [3.8, 4) is 11.5 Å². The number of nitrogens with zero attached hydrogens (tertiary/aromatic N) is 1. The molecule has 0 aliphatic heterocycles. The molecule has 0 bridgehead atoms. The van der Waals surface area contributed by atoms with Gasteiger partial charge in [-0.2, -0.15) is 0 Å². The summed E-state index contributed by atoms with van der Waals surface area (Å²) in [5.74, 6) is 0.709. The summed E-state index contributed by atoms with van der Waals surface area (Å²) in [6.45, 7) is 2.02. The van der Waals surface area contributed by atoms with Crippen LogP contribution in [0.3, 0.4) is 0 Å². The zero-order chi connectivity index (χ0) is 17.3. The molecule has 124 valence electrons. The first-order valence-corrected chi connectivity index (χ1v) is 8.73. The first kappa shape index (κ1) is 16.7. The standard InChI is InChI=1S/C17H15BrN2O3S/c1-9-4-5-13-14(6-9)24-17(19-13)20-16(21)11-7-10(22-2)8-12(18)15(11)23-3/h4-8H,1-3H3,(H,19,20,21). The molecule has 0 aliphatic rings. The topological polar surface area (TPSA) is 60.5 Å². The van der Waals surface area contributed by atoms with Crippen LogP contribution in [0, 0.1) is 6.92 Å². The fourth-order valence-electron chi connectivity index (χ4n) is 2.31. The van der Waals surface area contributed by atoms with Crippen molar-refractivity contribution in [2.45, 2.75) is 6.92 Å². The lowest BCUT2D eigenvalue weighted by atomic mass is 10.1. The van der Waals surface area contributed by atoms with E-state index in [-0.39, 0.29) is 5.91 Å². The van der Waals surface area contributed by atoms with E-state index in [1.807, 2.05) is 25.1 Å². The Kier molecular flexibility index (Phi) is 4.73. The summed E-state index contributed by atoms with van der Waals surface area (Å²) in [6.07, 6.45) is 0. The molecule has 1 heterocycles. The highest BCUT2D eigenvalue weighted by molar-refractivity contribution is 9.10. The Bertz CT molecular complexity index is 924. The molecule has 2 aromatic carbocycles. The van der Waals surface area contributed by atoms with Gasteiger partial charge in [-0.25, -0.2) is 4.98 Å². The molecule has 0 fully saturated rings. The van der Waals surface area contributed by atoms with Gasteiger partial charge in [0, 0.05) is 0 Å². The lowest BCUT2D eigenvalue weighted by Crippen LogP contribution is -2.13. The van der Waals surface area contributed by atoms with Gasteiger partial charge < -0.3 is 9.47 Å². The average molecular weight is 407 g/mol. The number of rotatable bonds is 4. The quantitative estimate of drug-likeness (QED) is 0.685. The molecule has 5 nitrogen and oxygen atoms in total. The molecule has 1 aromatic heterocycles. The van der Waals surface area contributed by atoms with Crippen LogP contribution in [0.2, 0.25) is 0 Å². The van der Waals surface area contributed by atoms with Gasteiger partial charge in [-0.3, -0.25) is 10.1 Å². The Morgan fingerprint density at radius 1 is 1.21 bits per heavy atom. The summed E-state index contributed by atoms with van der Waals surface area (Å²) in [5, 5.41) is 3.38. The van der Waals surface area contributed by atoms with Gasteiger partial charge in [-0.05, 0) is 52.7 Å². The highest BCUT2D eigenvalue weighted by Gasteiger charge is 2.18. The minimum absolute atomic E-state index is 0.303. The lowest BCUT2D eigenvalue weighted by Gasteiger charge is -2.12. The minimum Gasteiger partial charge on any atom is -0.497 e. The van der Waals surface area contributed by atoms with Crippen LogP contribution in [0.1, 0.15) is 15.9 Å². The number of benzene rings is 2. The van der Waals surface area contributed by atoms with Crippen LogP contribution in [0.5, 0.6) is 11.5 Å². The molecule has 1 amide bonds. The molecular weight excluding hydrogens is 392 g/mol. The van der Waals surface area contributed by atoms with Crippen molar-refractivity contribution in [1.29, 1.82) is 0 Å². The average Bonchev–Trinajstić information content (AvgIpc) is 2.95. The van der Waals surface area contributed by atoms with Crippen molar-refractivity contribution in [1.82, 2.24) is 4.98 Å². The predicted octanol–water partition coefficient (Wildman–Crippen LogP) is 4.64. The number of carbonyl (C=O) groups excluding carboxylic acids is 1. The number of nitrogens with one attached hydrogen (secondary N) is 1. The molecule has 0 unspecified atom stereocenters. The van der Waals surface area contributed by atoms with E-state index in [1.54, 1.807) is 19.2 Å². The number of fused-ring (bicyclic) bond motifs is 1. The number of ether oxygens (including phenoxy) is 2. The monoisotopic (exact) mass is 406 g/mol. The van der Waals surface area contributed by atoms with E-state index >= 15 is 0 Å². The number of amides is 1. The number of methoxy groups -OCH3 is 2. The molecule has 7 heteroatoms. The number of aromatic nitrogens is 1. The second-order valence-electron chi connectivity index (χ2n) is 5.13. The van der Waals surface area contributed by atoms with Gasteiger partial charge in [0.15, 0.2) is 5.13 Å². The fourth-order valence-corrected chi connectivity index (χ4v) is 3.87. The molecule has 0 spiro atoms. The molecule has 0 radical (unpaired) electrons. The Morgan fingerprint density at radius 3 is 2.71 bits per heavy atom. The zero-order valence-corrected chi connectivity index (χ0v) is 15.7. The first-order chi connectivity index (χ1) is 11.5. The van der Waals surface area contributed by atoms with Crippen molar-refractivity contribution >= 4 is 48.5 Å². The molecule has 24 heavy (non-hydrogen) atoms. The summed E-state index contributed by atoms with van der Waals surface area (Å²) < 4.78 is 12.2. The third-order valence-electron chi connectivity index (χ3n) is 3.47. The smallest absolute Gasteiger partial charge is 0.261 e. The largest absolute Gasteiger partial charge is 0.497 e. The van der Waals surface area contributed by atoms with Gasteiger partial charge in [-0.1, -0.05) is 17.4 Å². The van der Waals surface area contributed by atoms with E-state index in [4.69, 9.17) is 9.47 Å². The van der Waals surface area contributed by atoms with Gasteiger partial charge in [0.2, 0.25) is 0 Å². The Hall–Kier alpha value is -2.12. The first-order valence-electron chi connectivity index (χ1n) is 7.12. The Balaban J connectivity index is 1.95. The van der Waals surface area contributed by atoms with Gasteiger partial charge in [0.1, 0.15) is 11.5 Å². The lowest BCUT2D eigenvalue weighted by molar-refractivity contribution is 0.102. The number of hydrogen-bond acceptors (Lipinski definition) is 5. The van der Waals surface area contributed by atoms with Crippen LogP contribution in [0.4, 0.5) is 5.13 Å². The molecule has 3 rings (SSSR count).